The Balaban J connectivity index is 3.20. The predicted octanol–water partition coefficient (Wildman–Crippen LogP) is 3.94. The molecule has 2 N–H and O–H groups in total. The first-order valence-electron chi connectivity index (χ1n) is 4.84. The monoisotopic (exact) mass is 251 g/mol. The largest absolute Gasteiger partial charge is 0.416 e. The van der Waals surface area contributed by atoms with Crippen LogP contribution >= 0.6 is 11.6 Å². The van der Waals surface area contributed by atoms with Gasteiger partial charge in [-0.1, -0.05) is 24.6 Å². The second-order valence-corrected chi connectivity index (χ2v) is 4.37. The lowest BCUT2D eigenvalue weighted by Crippen LogP contribution is -2.32. The van der Waals surface area contributed by atoms with Crippen LogP contribution in [-0.2, 0) is 11.7 Å². The molecular weight excluding hydrogens is 239 g/mol. The van der Waals surface area contributed by atoms with Crippen molar-refractivity contribution in [1.82, 2.24) is 0 Å². The molecule has 0 bridgehead atoms. The van der Waals surface area contributed by atoms with Crippen LogP contribution in [0, 0.1) is 0 Å². The first-order valence-corrected chi connectivity index (χ1v) is 5.22. The Labute approximate surface area is 97.4 Å². The maximum Gasteiger partial charge on any atom is 0.416 e. The van der Waals surface area contributed by atoms with Crippen molar-refractivity contribution in [3.05, 3.63) is 34.3 Å². The summed E-state index contributed by atoms with van der Waals surface area (Å²) in [5, 5.41) is 0.0571. The molecule has 1 unspecified atom stereocenters. The molecule has 0 aliphatic heterocycles. The minimum atomic E-state index is -4.38. The molecule has 0 aliphatic rings. The molecule has 16 heavy (non-hydrogen) atoms. The fourth-order valence-electron chi connectivity index (χ4n) is 1.35. The van der Waals surface area contributed by atoms with E-state index < -0.39 is 17.3 Å². The molecule has 90 valence electrons. The van der Waals surface area contributed by atoms with Crippen molar-refractivity contribution in [2.75, 3.05) is 0 Å². The molecule has 0 aliphatic carbocycles. The summed E-state index contributed by atoms with van der Waals surface area (Å²) in [6.45, 7) is 3.59. The molecule has 1 atom stereocenters. The zero-order chi connectivity index (χ0) is 12.6. The van der Waals surface area contributed by atoms with E-state index in [0.717, 1.165) is 12.1 Å². The fraction of sp³-hybridized carbons (Fsp3) is 0.455. The molecule has 0 spiro atoms. The molecular formula is C11H13ClF3N. The summed E-state index contributed by atoms with van der Waals surface area (Å²) in [6.07, 6.45) is -3.78. The standard InChI is InChI=1S/C11H13ClF3N/c1-3-10(2,16)8-5-4-7(6-9(8)12)11(13,14)15/h4-6H,3,16H2,1-2H3. The van der Waals surface area contributed by atoms with Gasteiger partial charge in [0, 0.05) is 10.6 Å². The van der Waals surface area contributed by atoms with Crippen molar-refractivity contribution in [2.45, 2.75) is 32.0 Å². The molecule has 0 radical (unpaired) electrons. The number of nitrogens with two attached hydrogens (primary N) is 1. The van der Waals surface area contributed by atoms with E-state index in [4.69, 9.17) is 17.3 Å². The zero-order valence-corrected chi connectivity index (χ0v) is 9.78. The van der Waals surface area contributed by atoms with E-state index in [9.17, 15) is 13.2 Å². The van der Waals surface area contributed by atoms with Gasteiger partial charge in [-0.15, -0.1) is 0 Å². The topological polar surface area (TPSA) is 26.0 Å². The Morgan fingerprint density at radius 1 is 1.31 bits per heavy atom. The molecule has 0 fully saturated rings. The number of benzene rings is 1. The van der Waals surface area contributed by atoms with Gasteiger partial charge in [-0.05, 0) is 31.0 Å². The van der Waals surface area contributed by atoms with E-state index in [-0.39, 0.29) is 5.02 Å². The summed E-state index contributed by atoms with van der Waals surface area (Å²) in [4.78, 5) is 0. The third kappa shape index (κ3) is 2.68. The third-order valence-electron chi connectivity index (χ3n) is 2.65. The van der Waals surface area contributed by atoms with Gasteiger partial charge < -0.3 is 5.73 Å². The molecule has 1 nitrogen and oxygen atoms in total. The van der Waals surface area contributed by atoms with Crippen molar-refractivity contribution in [2.24, 2.45) is 5.73 Å². The Hall–Kier alpha value is -0.740. The zero-order valence-electron chi connectivity index (χ0n) is 9.03. The van der Waals surface area contributed by atoms with E-state index in [1.54, 1.807) is 6.92 Å². The van der Waals surface area contributed by atoms with Gasteiger partial charge in [0.05, 0.1) is 5.56 Å². The Bertz CT molecular complexity index is 385. The van der Waals surface area contributed by atoms with E-state index in [1.165, 1.54) is 6.07 Å². The first kappa shape index (κ1) is 13.3. The van der Waals surface area contributed by atoms with E-state index >= 15 is 0 Å². The smallest absolute Gasteiger partial charge is 0.322 e. The summed E-state index contributed by atoms with van der Waals surface area (Å²) in [5.74, 6) is 0. The highest BCUT2D eigenvalue weighted by molar-refractivity contribution is 6.31. The normalized spacial score (nSPS) is 15.9. The van der Waals surface area contributed by atoms with Crippen LogP contribution in [0.5, 0.6) is 0 Å². The van der Waals surface area contributed by atoms with Crippen LogP contribution in [0.25, 0.3) is 0 Å². The molecule has 0 amide bonds. The third-order valence-corrected chi connectivity index (χ3v) is 2.96. The van der Waals surface area contributed by atoms with Gasteiger partial charge in [0.1, 0.15) is 0 Å². The lowest BCUT2D eigenvalue weighted by Gasteiger charge is -2.25. The first-order chi connectivity index (χ1) is 7.18. The lowest BCUT2D eigenvalue weighted by molar-refractivity contribution is -0.137. The van der Waals surface area contributed by atoms with Gasteiger partial charge in [-0.2, -0.15) is 13.2 Å². The van der Waals surface area contributed by atoms with E-state index in [1.807, 2.05) is 6.92 Å². The molecule has 1 aromatic rings. The Kier molecular flexibility index (Phi) is 3.55. The number of hydrogen-bond acceptors (Lipinski definition) is 1. The van der Waals surface area contributed by atoms with Crippen LogP contribution in [0.1, 0.15) is 31.4 Å². The number of hydrogen-bond donors (Lipinski definition) is 1. The highest BCUT2D eigenvalue weighted by atomic mass is 35.5. The number of halogens is 4. The van der Waals surface area contributed by atoms with Crippen LogP contribution < -0.4 is 5.73 Å². The molecule has 5 heteroatoms. The minimum absolute atomic E-state index is 0.0571. The average molecular weight is 252 g/mol. The quantitative estimate of drug-likeness (QED) is 0.846. The Morgan fingerprint density at radius 2 is 1.88 bits per heavy atom. The fourth-order valence-corrected chi connectivity index (χ4v) is 1.74. The minimum Gasteiger partial charge on any atom is -0.322 e. The molecule has 0 saturated heterocycles. The predicted molar refractivity (Wildman–Crippen MR) is 58.3 cm³/mol. The Morgan fingerprint density at radius 3 is 2.25 bits per heavy atom. The van der Waals surface area contributed by atoms with Gasteiger partial charge in [0.25, 0.3) is 0 Å². The second-order valence-electron chi connectivity index (χ2n) is 3.96. The van der Waals surface area contributed by atoms with Crippen molar-refractivity contribution in [3.8, 4) is 0 Å². The van der Waals surface area contributed by atoms with Gasteiger partial charge >= 0.3 is 6.18 Å². The molecule has 1 rings (SSSR count). The van der Waals surface area contributed by atoms with Crippen molar-refractivity contribution >= 4 is 11.6 Å². The average Bonchev–Trinajstić information content (AvgIpc) is 2.16. The number of rotatable bonds is 2. The summed E-state index contributed by atoms with van der Waals surface area (Å²) in [6, 6.07) is 3.26. The van der Waals surface area contributed by atoms with Crippen molar-refractivity contribution in [3.63, 3.8) is 0 Å². The maximum atomic E-state index is 12.4. The highest BCUT2D eigenvalue weighted by Crippen LogP contribution is 2.35. The van der Waals surface area contributed by atoms with Crippen LogP contribution in [0.15, 0.2) is 18.2 Å². The SMILES string of the molecule is CCC(C)(N)c1ccc(C(F)(F)F)cc1Cl. The summed E-state index contributed by atoms with van der Waals surface area (Å²) in [5.41, 5.74) is 5.00. The second kappa shape index (κ2) is 4.26. The van der Waals surface area contributed by atoms with Gasteiger partial charge in [-0.25, -0.2) is 0 Å². The summed E-state index contributed by atoms with van der Waals surface area (Å²) in [7, 11) is 0. The number of alkyl halides is 3. The highest BCUT2D eigenvalue weighted by Gasteiger charge is 2.32. The maximum absolute atomic E-state index is 12.4. The molecule has 1 aromatic carbocycles. The van der Waals surface area contributed by atoms with Crippen molar-refractivity contribution < 1.29 is 13.2 Å². The summed E-state index contributed by atoms with van der Waals surface area (Å²) < 4.78 is 37.2. The van der Waals surface area contributed by atoms with Gasteiger partial charge in [0.15, 0.2) is 0 Å². The lowest BCUT2D eigenvalue weighted by atomic mass is 9.90. The van der Waals surface area contributed by atoms with Crippen LogP contribution in [0.4, 0.5) is 13.2 Å². The van der Waals surface area contributed by atoms with Crippen LogP contribution in [0.3, 0.4) is 0 Å². The molecule has 0 aromatic heterocycles. The molecule has 0 heterocycles. The summed E-state index contributed by atoms with van der Waals surface area (Å²) >= 11 is 5.82. The van der Waals surface area contributed by atoms with Crippen molar-refractivity contribution in [1.29, 1.82) is 0 Å². The molecule has 0 saturated carbocycles. The van der Waals surface area contributed by atoms with E-state index in [0.29, 0.717) is 12.0 Å². The van der Waals surface area contributed by atoms with E-state index in [2.05, 4.69) is 0 Å². The van der Waals surface area contributed by atoms with Crippen LogP contribution in [-0.4, -0.2) is 0 Å². The van der Waals surface area contributed by atoms with Crippen LogP contribution in [0.2, 0.25) is 5.02 Å². The van der Waals surface area contributed by atoms with Gasteiger partial charge in [-0.3, -0.25) is 0 Å². The van der Waals surface area contributed by atoms with Gasteiger partial charge in [0.2, 0.25) is 0 Å².